The smallest absolute Gasteiger partial charge is 0.255 e. The van der Waals surface area contributed by atoms with Crippen molar-refractivity contribution < 1.29 is 9.90 Å². The van der Waals surface area contributed by atoms with E-state index in [-0.39, 0.29) is 17.7 Å². The molecule has 4 rings (SSSR count). The van der Waals surface area contributed by atoms with E-state index < -0.39 is 0 Å². The minimum absolute atomic E-state index is 0.00761. The zero-order valence-corrected chi connectivity index (χ0v) is 20.2. The van der Waals surface area contributed by atoms with Crippen LogP contribution in [-0.2, 0) is 6.54 Å². The molecule has 5 nitrogen and oxygen atoms in total. The Balaban J connectivity index is 1.84. The Bertz CT molecular complexity index is 1330. The predicted octanol–water partition coefficient (Wildman–Crippen LogP) is 6.02. The highest BCUT2D eigenvalue weighted by molar-refractivity contribution is 5.97. The maximum atomic E-state index is 13.8. The zero-order valence-electron chi connectivity index (χ0n) is 20.2. The normalized spacial score (nSPS) is 11.4. The third-order valence-corrected chi connectivity index (χ3v) is 6.14. The summed E-state index contributed by atoms with van der Waals surface area (Å²) in [5.41, 5.74) is 7.62. The first-order valence-electron chi connectivity index (χ1n) is 11.3. The maximum Gasteiger partial charge on any atom is 0.255 e. The molecule has 0 saturated carbocycles. The summed E-state index contributed by atoms with van der Waals surface area (Å²) in [5, 5.41) is 9.93. The molecule has 0 unspecified atom stereocenters. The molecule has 0 saturated heterocycles. The van der Waals surface area contributed by atoms with Crippen molar-refractivity contribution in [2.24, 2.45) is 0 Å². The number of phenolic OH excluding ortho intramolecular Hbond substituents is 1. The maximum absolute atomic E-state index is 13.8. The van der Waals surface area contributed by atoms with Crippen LogP contribution in [-0.4, -0.2) is 31.5 Å². The fourth-order valence-corrected chi connectivity index (χ4v) is 4.64. The van der Waals surface area contributed by atoms with Crippen molar-refractivity contribution in [3.8, 4) is 11.4 Å². The summed E-state index contributed by atoms with van der Waals surface area (Å²) in [6, 6.07) is 17.4. The van der Waals surface area contributed by atoms with E-state index in [4.69, 9.17) is 4.98 Å². The van der Waals surface area contributed by atoms with Crippen molar-refractivity contribution in [3.63, 3.8) is 0 Å². The van der Waals surface area contributed by atoms with Crippen LogP contribution in [0.3, 0.4) is 0 Å². The van der Waals surface area contributed by atoms with Crippen LogP contribution in [0.25, 0.3) is 16.7 Å². The molecular formula is C28H31N3O2. The van der Waals surface area contributed by atoms with Gasteiger partial charge in [-0.05, 0) is 88.6 Å². The fourth-order valence-electron chi connectivity index (χ4n) is 4.64. The quantitative estimate of drug-likeness (QED) is 0.412. The number of amides is 1. The van der Waals surface area contributed by atoms with E-state index >= 15 is 0 Å². The van der Waals surface area contributed by atoms with Gasteiger partial charge in [0.2, 0.25) is 0 Å². The molecule has 0 bridgehead atoms. The van der Waals surface area contributed by atoms with Crippen LogP contribution in [0, 0.1) is 27.7 Å². The molecule has 3 aromatic carbocycles. The number of para-hydroxylation sites is 2. The van der Waals surface area contributed by atoms with Gasteiger partial charge in [0.15, 0.2) is 0 Å². The van der Waals surface area contributed by atoms with Gasteiger partial charge in [-0.25, -0.2) is 4.98 Å². The second-order valence-electron chi connectivity index (χ2n) is 9.12. The molecule has 0 fully saturated rings. The van der Waals surface area contributed by atoms with Crippen molar-refractivity contribution in [2.45, 2.75) is 54.1 Å². The number of carbonyl (C=O) groups excluding carboxylic acids is 1. The van der Waals surface area contributed by atoms with E-state index in [1.165, 1.54) is 0 Å². The first kappa shape index (κ1) is 22.6. The molecule has 1 amide bonds. The van der Waals surface area contributed by atoms with Gasteiger partial charge in [-0.15, -0.1) is 0 Å². The number of aromatic hydroxyl groups is 1. The fraction of sp³-hybridized carbons (Fsp3) is 0.286. The number of imidazole rings is 1. The highest BCUT2D eigenvalue weighted by Gasteiger charge is 2.25. The van der Waals surface area contributed by atoms with Crippen LogP contribution >= 0.6 is 0 Å². The summed E-state index contributed by atoms with van der Waals surface area (Å²) in [4.78, 5) is 20.6. The monoisotopic (exact) mass is 441 g/mol. The topological polar surface area (TPSA) is 58.4 Å². The van der Waals surface area contributed by atoms with Gasteiger partial charge in [0.1, 0.15) is 11.6 Å². The van der Waals surface area contributed by atoms with E-state index in [0.29, 0.717) is 6.54 Å². The van der Waals surface area contributed by atoms with E-state index in [0.717, 1.165) is 50.4 Å². The number of fused-ring (bicyclic) bond motifs is 1. The lowest BCUT2D eigenvalue weighted by molar-refractivity contribution is 0.0683. The molecule has 0 radical (unpaired) electrons. The highest BCUT2D eigenvalue weighted by atomic mass is 16.3. The first-order chi connectivity index (χ1) is 15.7. The lowest BCUT2D eigenvalue weighted by atomic mass is 9.98. The van der Waals surface area contributed by atoms with Crippen LogP contribution < -0.4 is 0 Å². The molecule has 0 aliphatic heterocycles. The lowest BCUT2D eigenvalue weighted by Gasteiger charge is -2.28. The Labute approximate surface area is 195 Å². The highest BCUT2D eigenvalue weighted by Crippen LogP contribution is 2.28. The standard InChI is InChI=1S/C28H31N3O2/c1-17(2)30(28(33)27-20(5)13-18(3)14-21(27)6)16-26-29-23-9-7-8-10-25(23)31(26)24-12-11-22(32)15-19(24)4/h7-15,17,32H,16H2,1-6H3. The Morgan fingerprint density at radius 2 is 1.64 bits per heavy atom. The molecule has 170 valence electrons. The van der Waals surface area contributed by atoms with Gasteiger partial charge in [0.25, 0.3) is 5.91 Å². The van der Waals surface area contributed by atoms with Crippen LogP contribution in [0.15, 0.2) is 54.6 Å². The van der Waals surface area contributed by atoms with Crippen molar-refractivity contribution >= 4 is 16.9 Å². The average Bonchev–Trinajstić information content (AvgIpc) is 3.09. The third-order valence-electron chi connectivity index (χ3n) is 6.14. The molecule has 0 spiro atoms. The second kappa shape index (κ2) is 8.74. The summed E-state index contributed by atoms with van der Waals surface area (Å²) in [6.07, 6.45) is 0. The number of hydrogen-bond acceptors (Lipinski definition) is 3. The molecule has 1 heterocycles. The Morgan fingerprint density at radius 3 is 2.27 bits per heavy atom. The molecule has 1 aromatic heterocycles. The van der Waals surface area contributed by atoms with Crippen LogP contribution in [0.5, 0.6) is 5.75 Å². The van der Waals surface area contributed by atoms with Crippen molar-refractivity contribution in [2.75, 3.05) is 0 Å². The summed E-state index contributed by atoms with van der Waals surface area (Å²) in [7, 11) is 0. The number of rotatable bonds is 5. The summed E-state index contributed by atoms with van der Waals surface area (Å²) in [6.45, 7) is 12.5. The number of nitrogens with zero attached hydrogens (tertiary/aromatic N) is 3. The molecule has 4 aromatic rings. The minimum atomic E-state index is -0.00761. The Kier molecular flexibility index (Phi) is 5.98. The number of aromatic nitrogens is 2. The van der Waals surface area contributed by atoms with Crippen LogP contribution in [0.4, 0.5) is 0 Å². The van der Waals surface area contributed by atoms with Gasteiger partial charge >= 0.3 is 0 Å². The summed E-state index contributed by atoms with van der Waals surface area (Å²) >= 11 is 0. The summed E-state index contributed by atoms with van der Waals surface area (Å²) in [5.74, 6) is 1.03. The van der Waals surface area contributed by atoms with E-state index in [2.05, 4.69) is 23.6 Å². The predicted molar refractivity (Wildman–Crippen MR) is 133 cm³/mol. The molecule has 0 aliphatic rings. The Morgan fingerprint density at radius 1 is 0.970 bits per heavy atom. The van der Waals surface area contributed by atoms with E-state index in [1.54, 1.807) is 12.1 Å². The largest absolute Gasteiger partial charge is 0.508 e. The van der Waals surface area contributed by atoms with Crippen molar-refractivity contribution in [1.29, 1.82) is 0 Å². The van der Waals surface area contributed by atoms with Crippen molar-refractivity contribution in [3.05, 3.63) is 88.2 Å². The number of aryl methyl sites for hydroxylation is 4. The summed E-state index contributed by atoms with van der Waals surface area (Å²) < 4.78 is 2.10. The number of hydrogen-bond donors (Lipinski definition) is 1. The third kappa shape index (κ3) is 4.23. The number of benzene rings is 3. The molecule has 0 atom stereocenters. The average molecular weight is 442 g/mol. The second-order valence-corrected chi connectivity index (χ2v) is 9.12. The van der Waals surface area contributed by atoms with Crippen LogP contribution in [0.1, 0.15) is 52.3 Å². The minimum Gasteiger partial charge on any atom is -0.508 e. The lowest BCUT2D eigenvalue weighted by Crippen LogP contribution is -2.38. The number of carbonyl (C=O) groups is 1. The van der Waals surface area contributed by atoms with Gasteiger partial charge in [0, 0.05) is 11.6 Å². The van der Waals surface area contributed by atoms with Gasteiger partial charge in [0.05, 0.1) is 23.3 Å². The number of phenols is 1. The zero-order chi connectivity index (χ0) is 23.9. The molecule has 0 aliphatic carbocycles. The van der Waals surface area contributed by atoms with Gasteiger partial charge in [-0.3, -0.25) is 9.36 Å². The Hall–Kier alpha value is -3.60. The van der Waals surface area contributed by atoms with Crippen LogP contribution in [0.2, 0.25) is 0 Å². The molecular weight excluding hydrogens is 410 g/mol. The molecule has 5 heteroatoms. The molecule has 33 heavy (non-hydrogen) atoms. The van der Waals surface area contributed by atoms with Crippen molar-refractivity contribution in [1.82, 2.24) is 14.5 Å². The van der Waals surface area contributed by atoms with E-state index in [9.17, 15) is 9.90 Å². The van der Waals surface area contributed by atoms with Gasteiger partial charge < -0.3 is 10.0 Å². The molecule has 1 N–H and O–H groups in total. The van der Waals surface area contributed by atoms with Gasteiger partial charge in [-0.1, -0.05) is 29.8 Å². The first-order valence-corrected chi connectivity index (χ1v) is 11.3. The SMILES string of the molecule is Cc1cc(C)c(C(=O)N(Cc2nc3ccccc3n2-c2ccc(O)cc2C)C(C)C)c(C)c1. The van der Waals surface area contributed by atoms with E-state index in [1.807, 2.05) is 69.9 Å². The van der Waals surface area contributed by atoms with Gasteiger partial charge in [-0.2, -0.15) is 0 Å².